The minimum atomic E-state index is 0.175. The van der Waals surface area contributed by atoms with Crippen LogP contribution in [-0.4, -0.2) is 30.0 Å². The molecule has 1 saturated heterocycles. The molecule has 1 atom stereocenters. The lowest BCUT2D eigenvalue weighted by Gasteiger charge is -2.33. The van der Waals surface area contributed by atoms with Gasteiger partial charge in [-0.25, -0.2) is 0 Å². The van der Waals surface area contributed by atoms with Crippen LogP contribution in [0.25, 0.3) is 0 Å². The van der Waals surface area contributed by atoms with E-state index in [1.807, 2.05) is 17.0 Å². The highest BCUT2D eigenvalue weighted by Crippen LogP contribution is 2.18. The zero-order chi connectivity index (χ0) is 15.2. The topological polar surface area (TPSA) is 29.5 Å². The van der Waals surface area contributed by atoms with Crippen molar-refractivity contribution in [2.45, 2.75) is 52.7 Å². The van der Waals surface area contributed by atoms with Crippen LogP contribution < -0.4 is 0 Å². The van der Waals surface area contributed by atoms with E-state index in [1.54, 1.807) is 0 Å². The van der Waals surface area contributed by atoms with E-state index in [0.29, 0.717) is 18.9 Å². The van der Waals surface area contributed by atoms with Crippen LogP contribution in [0.4, 0.5) is 0 Å². The summed E-state index contributed by atoms with van der Waals surface area (Å²) in [5.74, 6) is 0.694. The van der Waals surface area contributed by atoms with Crippen molar-refractivity contribution >= 4 is 5.91 Å². The van der Waals surface area contributed by atoms with Gasteiger partial charge in [-0.1, -0.05) is 38.1 Å². The molecule has 1 aromatic carbocycles. The molecule has 0 aliphatic carbocycles. The number of piperidine rings is 1. The van der Waals surface area contributed by atoms with E-state index >= 15 is 0 Å². The van der Waals surface area contributed by atoms with Crippen LogP contribution in [0.1, 0.15) is 44.2 Å². The third-order valence-corrected chi connectivity index (χ3v) is 4.05. The maximum absolute atomic E-state index is 12.2. The minimum absolute atomic E-state index is 0.175. The summed E-state index contributed by atoms with van der Waals surface area (Å²) >= 11 is 0. The minimum Gasteiger partial charge on any atom is -0.372 e. The molecule has 1 aromatic rings. The lowest BCUT2D eigenvalue weighted by atomic mass is 10.0. The number of rotatable bonds is 5. The van der Waals surface area contributed by atoms with Gasteiger partial charge in [0, 0.05) is 19.5 Å². The summed E-state index contributed by atoms with van der Waals surface area (Å²) in [6.07, 6.45) is 2.92. The summed E-state index contributed by atoms with van der Waals surface area (Å²) in [4.78, 5) is 14.1. The second kappa shape index (κ2) is 7.60. The number of amides is 1. The molecule has 3 nitrogen and oxygen atoms in total. The first-order valence-electron chi connectivity index (χ1n) is 8.00. The summed E-state index contributed by atoms with van der Waals surface area (Å²) in [6, 6.07) is 8.31. The average molecular weight is 289 g/mol. The number of ether oxygens (including phenoxy) is 1. The Bertz CT molecular complexity index is 470. The maximum Gasteiger partial charge on any atom is 0.222 e. The molecule has 1 aliphatic heterocycles. The molecule has 0 unspecified atom stereocenters. The number of nitrogens with zero attached hydrogens (tertiary/aromatic N) is 1. The highest BCUT2D eigenvalue weighted by molar-refractivity contribution is 5.76. The third kappa shape index (κ3) is 4.85. The van der Waals surface area contributed by atoms with Crippen molar-refractivity contribution in [1.82, 2.24) is 4.90 Å². The van der Waals surface area contributed by atoms with Gasteiger partial charge in [0.15, 0.2) is 0 Å². The zero-order valence-electron chi connectivity index (χ0n) is 13.5. The molecule has 2 rings (SSSR count). The third-order valence-electron chi connectivity index (χ3n) is 4.05. The van der Waals surface area contributed by atoms with Crippen LogP contribution >= 0.6 is 0 Å². The molecule has 0 saturated carbocycles. The second-order valence-electron chi connectivity index (χ2n) is 6.44. The Morgan fingerprint density at radius 3 is 2.86 bits per heavy atom. The van der Waals surface area contributed by atoms with Crippen molar-refractivity contribution in [3.8, 4) is 0 Å². The maximum atomic E-state index is 12.2. The molecule has 1 heterocycles. The average Bonchev–Trinajstić information content (AvgIpc) is 2.46. The van der Waals surface area contributed by atoms with Gasteiger partial charge in [0.1, 0.15) is 0 Å². The summed E-state index contributed by atoms with van der Waals surface area (Å²) in [5, 5.41) is 0. The van der Waals surface area contributed by atoms with E-state index in [-0.39, 0.29) is 12.0 Å². The van der Waals surface area contributed by atoms with Gasteiger partial charge in [0.2, 0.25) is 5.91 Å². The van der Waals surface area contributed by atoms with Crippen molar-refractivity contribution in [2.75, 3.05) is 13.1 Å². The van der Waals surface area contributed by atoms with E-state index in [9.17, 15) is 4.79 Å². The van der Waals surface area contributed by atoms with Gasteiger partial charge in [-0.05, 0) is 36.8 Å². The largest absolute Gasteiger partial charge is 0.372 e. The molecular weight excluding hydrogens is 262 g/mol. The van der Waals surface area contributed by atoms with E-state index in [4.69, 9.17) is 4.74 Å². The van der Waals surface area contributed by atoms with Crippen LogP contribution in [0.3, 0.4) is 0 Å². The van der Waals surface area contributed by atoms with Crippen LogP contribution in [0.15, 0.2) is 24.3 Å². The summed E-state index contributed by atoms with van der Waals surface area (Å²) in [6.45, 7) is 8.57. The van der Waals surface area contributed by atoms with Gasteiger partial charge in [0.25, 0.3) is 0 Å². The quantitative estimate of drug-likeness (QED) is 0.829. The van der Waals surface area contributed by atoms with Gasteiger partial charge in [-0.2, -0.15) is 0 Å². The Balaban J connectivity index is 1.84. The van der Waals surface area contributed by atoms with Gasteiger partial charge in [0.05, 0.1) is 12.7 Å². The molecule has 21 heavy (non-hydrogen) atoms. The van der Waals surface area contributed by atoms with Crippen molar-refractivity contribution in [3.63, 3.8) is 0 Å². The highest BCUT2D eigenvalue weighted by atomic mass is 16.5. The molecule has 1 aliphatic rings. The first-order valence-corrected chi connectivity index (χ1v) is 8.00. The van der Waals surface area contributed by atoms with Crippen LogP contribution in [0.5, 0.6) is 0 Å². The Hall–Kier alpha value is -1.35. The number of carbonyl (C=O) groups is 1. The van der Waals surface area contributed by atoms with Crippen LogP contribution in [0, 0.1) is 12.8 Å². The molecule has 3 heteroatoms. The molecule has 0 bridgehead atoms. The zero-order valence-corrected chi connectivity index (χ0v) is 13.5. The fourth-order valence-electron chi connectivity index (χ4n) is 2.76. The van der Waals surface area contributed by atoms with E-state index in [0.717, 1.165) is 25.9 Å². The molecule has 0 spiro atoms. The van der Waals surface area contributed by atoms with Crippen molar-refractivity contribution in [2.24, 2.45) is 5.92 Å². The second-order valence-corrected chi connectivity index (χ2v) is 6.44. The van der Waals surface area contributed by atoms with Crippen molar-refractivity contribution < 1.29 is 9.53 Å². The number of hydrogen-bond acceptors (Lipinski definition) is 2. The Morgan fingerprint density at radius 1 is 1.38 bits per heavy atom. The molecule has 0 N–H and O–H groups in total. The van der Waals surface area contributed by atoms with Gasteiger partial charge < -0.3 is 9.64 Å². The predicted molar refractivity (Wildman–Crippen MR) is 85.0 cm³/mol. The molecule has 1 fully saturated rings. The van der Waals surface area contributed by atoms with Crippen LogP contribution in [0.2, 0.25) is 0 Å². The molecule has 116 valence electrons. The molecule has 0 radical (unpaired) electrons. The fourth-order valence-corrected chi connectivity index (χ4v) is 2.76. The Labute approximate surface area is 128 Å². The number of aryl methyl sites for hydroxylation is 1. The number of carbonyl (C=O) groups excluding carboxylic acids is 1. The summed E-state index contributed by atoms with van der Waals surface area (Å²) in [7, 11) is 0. The number of benzene rings is 1. The predicted octanol–water partition coefficient (Wildman–Crippen LogP) is 3.55. The van der Waals surface area contributed by atoms with E-state index in [1.165, 1.54) is 11.1 Å². The van der Waals surface area contributed by atoms with Crippen molar-refractivity contribution in [1.29, 1.82) is 0 Å². The van der Waals surface area contributed by atoms with Gasteiger partial charge in [-0.15, -0.1) is 0 Å². The normalized spacial score (nSPS) is 19.0. The van der Waals surface area contributed by atoms with Gasteiger partial charge >= 0.3 is 0 Å². The molecular formula is C18H27NO2. The Morgan fingerprint density at radius 2 is 2.14 bits per heavy atom. The van der Waals surface area contributed by atoms with Crippen molar-refractivity contribution in [3.05, 3.63) is 35.4 Å². The van der Waals surface area contributed by atoms with Gasteiger partial charge in [-0.3, -0.25) is 4.79 Å². The summed E-state index contributed by atoms with van der Waals surface area (Å²) < 4.78 is 6.04. The smallest absolute Gasteiger partial charge is 0.222 e. The summed E-state index contributed by atoms with van der Waals surface area (Å²) in [5.41, 5.74) is 2.50. The highest BCUT2D eigenvalue weighted by Gasteiger charge is 2.24. The molecule has 0 aromatic heterocycles. The fraction of sp³-hybridized carbons (Fsp3) is 0.611. The first kappa shape index (κ1) is 16.0. The molecule has 1 amide bonds. The van der Waals surface area contributed by atoms with E-state index < -0.39 is 0 Å². The van der Waals surface area contributed by atoms with E-state index in [2.05, 4.69) is 32.9 Å². The number of hydrogen-bond donors (Lipinski definition) is 0. The monoisotopic (exact) mass is 289 g/mol. The van der Waals surface area contributed by atoms with Crippen LogP contribution in [-0.2, 0) is 16.1 Å². The SMILES string of the molecule is Cc1ccccc1CO[C@H]1CCCN(C(=O)CC(C)C)C1. The number of likely N-dealkylation sites (tertiary alicyclic amines) is 1. The lowest BCUT2D eigenvalue weighted by Crippen LogP contribution is -2.43. The standard InChI is InChI=1S/C18H27NO2/c1-14(2)11-18(20)19-10-6-9-17(12-19)21-13-16-8-5-4-7-15(16)3/h4-5,7-8,14,17H,6,9-13H2,1-3H3/t17-/m0/s1. The lowest BCUT2D eigenvalue weighted by molar-refractivity contribution is -0.136. The first-order chi connectivity index (χ1) is 10.1. The Kier molecular flexibility index (Phi) is 5.80.